The number of nitrogen functional groups attached to an aromatic ring is 1. The van der Waals surface area contributed by atoms with Gasteiger partial charge in [0.25, 0.3) is 0 Å². The molecule has 0 spiro atoms. The standard InChI is InChI=1S/C12H17N3O3/c1-18-9-3-2-4-15(7-9)11-10(12(16)17)5-8(13)6-14-11/h5-6,9H,2-4,7,13H2,1H3,(H,16,17). The molecule has 98 valence electrons. The average molecular weight is 251 g/mol. The summed E-state index contributed by atoms with van der Waals surface area (Å²) in [7, 11) is 1.67. The molecule has 2 rings (SSSR count). The second-order valence-electron chi connectivity index (χ2n) is 4.39. The SMILES string of the molecule is COC1CCCN(c2ncc(N)cc2C(=O)O)C1. The summed E-state index contributed by atoms with van der Waals surface area (Å²) >= 11 is 0. The molecule has 1 aliphatic rings. The van der Waals surface area contributed by atoms with Gasteiger partial charge in [-0.15, -0.1) is 0 Å². The number of methoxy groups -OCH3 is 1. The van der Waals surface area contributed by atoms with Crippen LogP contribution in [0.3, 0.4) is 0 Å². The molecule has 0 aliphatic carbocycles. The Morgan fingerprint density at radius 1 is 1.67 bits per heavy atom. The number of ether oxygens (including phenoxy) is 1. The lowest BCUT2D eigenvalue weighted by molar-refractivity contribution is 0.0694. The van der Waals surface area contributed by atoms with Gasteiger partial charge in [0, 0.05) is 20.2 Å². The van der Waals surface area contributed by atoms with Crippen molar-refractivity contribution in [3.05, 3.63) is 17.8 Å². The van der Waals surface area contributed by atoms with Crippen LogP contribution in [0.1, 0.15) is 23.2 Å². The van der Waals surface area contributed by atoms with Gasteiger partial charge in [-0.2, -0.15) is 0 Å². The minimum absolute atomic E-state index is 0.125. The number of nitrogens with zero attached hydrogens (tertiary/aromatic N) is 2. The topological polar surface area (TPSA) is 88.7 Å². The van der Waals surface area contributed by atoms with E-state index in [0.717, 1.165) is 19.4 Å². The van der Waals surface area contributed by atoms with E-state index in [-0.39, 0.29) is 11.7 Å². The molecule has 18 heavy (non-hydrogen) atoms. The molecule has 1 aromatic heterocycles. The van der Waals surface area contributed by atoms with E-state index in [1.54, 1.807) is 7.11 Å². The third kappa shape index (κ3) is 2.53. The number of aromatic carboxylic acids is 1. The van der Waals surface area contributed by atoms with E-state index < -0.39 is 5.97 Å². The number of carboxylic acids is 1. The van der Waals surface area contributed by atoms with Crippen molar-refractivity contribution >= 4 is 17.5 Å². The molecule has 3 N–H and O–H groups in total. The van der Waals surface area contributed by atoms with Gasteiger partial charge in [0.1, 0.15) is 11.4 Å². The van der Waals surface area contributed by atoms with Gasteiger partial charge in [-0.25, -0.2) is 9.78 Å². The van der Waals surface area contributed by atoms with Gasteiger partial charge in [-0.3, -0.25) is 0 Å². The molecular weight excluding hydrogens is 234 g/mol. The quantitative estimate of drug-likeness (QED) is 0.832. The first-order valence-electron chi connectivity index (χ1n) is 5.88. The van der Waals surface area contributed by atoms with Crippen LogP contribution in [0.15, 0.2) is 12.3 Å². The number of piperidine rings is 1. The van der Waals surface area contributed by atoms with Crippen molar-refractivity contribution in [3.63, 3.8) is 0 Å². The maximum atomic E-state index is 11.2. The van der Waals surface area contributed by atoms with Crippen LogP contribution in [0.4, 0.5) is 11.5 Å². The van der Waals surface area contributed by atoms with E-state index >= 15 is 0 Å². The third-order valence-corrected chi connectivity index (χ3v) is 3.13. The molecule has 1 aromatic rings. The Balaban J connectivity index is 2.29. The second kappa shape index (κ2) is 5.22. The Bertz CT molecular complexity index is 450. The predicted octanol–water partition coefficient (Wildman–Crippen LogP) is 0.977. The molecule has 6 nitrogen and oxygen atoms in total. The Labute approximate surface area is 105 Å². The van der Waals surface area contributed by atoms with Crippen LogP contribution in [0.2, 0.25) is 0 Å². The van der Waals surface area contributed by atoms with Crippen molar-refractivity contribution in [2.24, 2.45) is 0 Å². The summed E-state index contributed by atoms with van der Waals surface area (Å²) < 4.78 is 5.33. The highest BCUT2D eigenvalue weighted by Crippen LogP contribution is 2.24. The molecule has 6 heteroatoms. The lowest BCUT2D eigenvalue weighted by Crippen LogP contribution is -2.40. The molecular formula is C12H17N3O3. The van der Waals surface area contributed by atoms with Gasteiger partial charge >= 0.3 is 5.97 Å². The summed E-state index contributed by atoms with van der Waals surface area (Å²) in [6, 6.07) is 1.45. The Morgan fingerprint density at radius 3 is 3.11 bits per heavy atom. The molecule has 1 saturated heterocycles. The van der Waals surface area contributed by atoms with Crippen molar-refractivity contribution in [2.75, 3.05) is 30.8 Å². The van der Waals surface area contributed by atoms with E-state index in [0.29, 0.717) is 18.1 Å². The Kier molecular flexibility index (Phi) is 3.66. The first-order chi connectivity index (χ1) is 8.61. The maximum Gasteiger partial charge on any atom is 0.339 e. The maximum absolute atomic E-state index is 11.2. The van der Waals surface area contributed by atoms with Crippen molar-refractivity contribution < 1.29 is 14.6 Å². The second-order valence-corrected chi connectivity index (χ2v) is 4.39. The fourth-order valence-corrected chi connectivity index (χ4v) is 2.21. The highest BCUT2D eigenvalue weighted by molar-refractivity contribution is 5.94. The summed E-state index contributed by atoms with van der Waals surface area (Å²) in [5.41, 5.74) is 6.08. The fraction of sp³-hybridized carbons (Fsp3) is 0.500. The fourth-order valence-electron chi connectivity index (χ4n) is 2.21. The summed E-state index contributed by atoms with van der Waals surface area (Å²) in [4.78, 5) is 17.3. The van der Waals surface area contributed by atoms with Gasteiger partial charge in [-0.1, -0.05) is 0 Å². The zero-order chi connectivity index (χ0) is 13.1. The first kappa shape index (κ1) is 12.6. The number of nitrogens with two attached hydrogens (primary N) is 1. The average Bonchev–Trinajstić information content (AvgIpc) is 2.38. The number of carboxylic acid groups (broad SMARTS) is 1. The molecule has 1 unspecified atom stereocenters. The van der Waals surface area contributed by atoms with E-state index in [4.69, 9.17) is 10.5 Å². The molecule has 0 aromatic carbocycles. The van der Waals surface area contributed by atoms with Crippen LogP contribution < -0.4 is 10.6 Å². The largest absolute Gasteiger partial charge is 0.478 e. The minimum Gasteiger partial charge on any atom is -0.478 e. The molecule has 1 fully saturated rings. The number of carbonyl (C=O) groups is 1. The Hall–Kier alpha value is -1.82. The smallest absolute Gasteiger partial charge is 0.339 e. The van der Waals surface area contributed by atoms with Crippen LogP contribution in [0, 0.1) is 0 Å². The van der Waals surface area contributed by atoms with Gasteiger partial charge in [0.2, 0.25) is 0 Å². The molecule has 0 amide bonds. The van der Waals surface area contributed by atoms with E-state index in [1.807, 2.05) is 4.90 Å². The Morgan fingerprint density at radius 2 is 2.44 bits per heavy atom. The van der Waals surface area contributed by atoms with Crippen molar-refractivity contribution in [1.82, 2.24) is 4.98 Å². The van der Waals surface area contributed by atoms with Gasteiger partial charge < -0.3 is 20.5 Å². The van der Waals surface area contributed by atoms with Gasteiger partial charge in [-0.05, 0) is 18.9 Å². The summed E-state index contributed by atoms with van der Waals surface area (Å²) in [5.74, 6) is -0.539. The molecule has 1 aliphatic heterocycles. The van der Waals surface area contributed by atoms with Crippen molar-refractivity contribution in [1.29, 1.82) is 0 Å². The van der Waals surface area contributed by atoms with Crippen molar-refractivity contribution in [3.8, 4) is 0 Å². The van der Waals surface area contributed by atoms with Gasteiger partial charge in [0.15, 0.2) is 0 Å². The molecule has 1 atom stereocenters. The highest BCUT2D eigenvalue weighted by Gasteiger charge is 2.24. The molecule has 0 bridgehead atoms. The van der Waals surface area contributed by atoms with E-state index in [2.05, 4.69) is 4.98 Å². The minimum atomic E-state index is -1.01. The summed E-state index contributed by atoms with van der Waals surface area (Å²) in [5, 5.41) is 9.19. The predicted molar refractivity (Wildman–Crippen MR) is 67.9 cm³/mol. The van der Waals surface area contributed by atoms with Gasteiger partial charge in [0.05, 0.1) is 18.0 Å². The monoisotopic (exact) mass is 251 g/mol. The van der Waals surface area contributed by atoms with Crippen LogP contribution in [0.25, 0.3) is 0 Å². The number of aromatic nitrogens is 1. The van der Waals surface area contributed by atoms with E-state index in [9.17, 15) is 9.90 Å². The number of rotatable bonds is 3. The highest BCUT2D eigenvalue weighted by atomic mass is 16.5. The van der Waals surface area contributed by atoms with E-state index in [1.165, 1.54) is 12.3 Å². The van der Waals surface area contributed by atoms with Crippen LogP contribution in [-0.2, 0) is 4.74 Å². The normalized spacial score (nSPS) is 19.8. The lowest BCUT2D eigenvalue weighted by atomic mass is 10.1. The molecule has 0 saturated carbocycles. The number of pyridine rings is 1. The lowest BCUT2D eigenvalue weighted by Gasteiger charge is -2.33. The summed E-state index contributed by atoms with van der Waals surface area (Å²) in [6.07, 6.45) is 3.56. The first-order valence-corrected chi connectivity index (χ1v) is 5.88. The van der Waals surface area contributed by atoms with Crippen LogP contribution >= 0.6 is 0 Å². The van der Waals surface area contributed by atoms with Crippen molar-refractivity contribution in [2.45, 2.75) is 18.9 Å². The number of hydrogen-bond donors (Lipinski definition) is 2. The van der Waals surface area contributed by atoms with Crippen LogP contribution in [0.5, 0.6) is 0 Å². The number of anilines is 2. The zero-order valence-electron chi connectivity index (χ0n) is 10.3. The van der Waals surface area contributed by atoms with Crippen LogP contribution in [-0.4, -0.2) is 42.4 Å². The number of hydrogen-bond acceptors (Lipinski definition) is 5. The molecule has 2 heterocycles. The third-order valence-electron chi connectivity index (χ3n) is 3.13. The zero-order valence-corrected chi connectivity index (χ0v) is 10.3. The summed E-state index contributed by atoms with van der Waals surface area (Å²) in [6.45, 7) is 1.45. The molecule has 0 radical (unpaired) electrons.